The Bertz CT molecular complexity index is 188. The van der Waals surface area contributed by atoms with Crippen LogP contribution in [0.25, 0.3) is 0 Å². The molecule has 0 saturated carbocycles. The summed E-state index contributed by atoms with van der Waals surface area (Å²) in [4.78, 5) is 11.6. The van der Waals surface area contributed by atoms with Gasteiger partial charge < -0.3 is 11.1 Å². The van der Waals surface area contributed by atoms with Gasteiger partial charge in [-0.05, 0) is 31.3 Å². The minimum Gasteiger partial charge on any atom is -0.352 e. The Balaban J connectivity index is 3.67. The molecular formula is C12H26N2OS. The molecule has 3 N–H and O–H groups in total. The molecule has 3 nitrogen and oxygen atoms in total. The van der Waals surface area contributed by atoms with Gasteiger partial charge >= 0.3 is 0 Å². The van der Waals surface area contributed by atoms with Crippen LogP contribution in [-0.4, -0.2) is 29.5 Å². The zero-order chi connectivity index (χ0) is 12.4. The first-order valence-corrected chi connectivity index (χ1v) is 7.40. The van der Waals surface area contributed by atoms with Crippen molar-refractivity contribution in [3.8, 4) is 0 Å². The number of carbonyl (C=O) groups excluding carboxylic acids is 1. The van der Waals surface area contributed by atoms with E-state index >= 15 is 0 Å². The van der Waals surface area contributed by atoms with Gasteiger partial charge in [-0.15, -0.1) is 0 Å². The first-order valence-electron chi connectivity index (χ1n) is 6.25. The number of carbonyl (C=O) groups is 1. The normalized spacial score (nSPS) is 14.5. The van der Waals surface area contributed by atoms with Crippen molar-refractivity contribution in [3.05, 3.63) is 0 Å². The van der Waals surface area contributed by atoms with Crippen LogP contribution in [0.2, 0.25) is 0 Å². The molecule has 1 amide bonds. The van der Waals surface area contributed by atoms with E-state index in [1.165, 1.54) is 0 Å². The van der Waals surface area contributed by atoms with Gasteiger partial charge in [0.1, 0.15) is 0 Å². The van der Waals surface area contributed by atoms with Crippen LogP contribution in [0, 0.1) is 0 Å². The lowest BCUT2D eigenvalue weighted by atomic mass is 10.1. The highest BCUT2D eigenvalue weighted by Gasteiger charge is 2.14. The monoisotopic (exact) mass is 246 g/mol. The summed E-state index contributed by atoms with van der Waals surface area (Å²) in [6, 6.07) is -0.0968. The third-order valence-electron chi connectivity index (χ3n) is 2.49. The van der Waals surface area contributed by atoms with E-state index in [0.717, 1.165) is 37.2 Å². The largest absolute Gasteiger partial charge is 0.352 e. The fourth-order valence-corrected chi connectivity index (χ4v) is 2.19. The van der Waals surface area contributed by atoms with Gasteiger partial charge in [-0.1, -0.05) is 26.7 Å². The molecule has 2 unspecified atom stereocenters. The summed E-state index contributed by atoms with van der Waals surface area (Å²) in [5.41, 5.74) is 5.79. The topological polar surface area (TPSA) is 55.1 Å². The molecule has 0 bridgehead atoms. The third kappa shape index (κ3) is 7.99. The number of nitrogens with one attached hydrogen (secondary N) is 1. The molecule has 0 aliphatic carbocycles. The maximum Gasteiger partial charge on any atom is 0.237 e. The number of amides is 1. The molecule has 0 aromatic heterocycles. The van der Waals surface area contributed by atoms with Crippen LogP contribution in [-0.2, 0) is 4.79 Å². The number of nitrogens with two attached hydrogens (primary N) is 1. The molecule has 0 aromatic rings. The van der Waals surface area contributed by atoms with Crippen LogP contribution >= 0.6 is 11.8 Å². The molecule has 2 atom stereocenters. The average Bonchev–Trinajstić information content (AvgIpc) is 2.26. The number of hydrogen-bond donors (Lipinski definition) is 2. The van der Waals surface area contributed by atoms with Crippen molar-refractivity contribution >= 4 is 17.7 Å². The molecule has 0 aliphatic rings. The predicted octanol–water partition coefficient (Wildman–Crippen LogP) is 2.15. The molecule has 0 spiro atoms. The highest BCUT2D eigenvalue weighted by Crippen LogP contribution is 2.04. The van der Waals surface area contributed by atoms with E-state index in [9.17, 15) is 4.79 Å². The van der Waals surface area contributed by atoms with Gasteiger partial charge in [0.2, 0.25) is 5.91 Å². The van der Waals surface area contributed by atoms with Crippen LogP contribution in [0.3, 0.4) is 0 Å². The quantitative estimate of drug-likeness (QED) is 0.613. The number of thioether (sulfide) groups is 1. The zero-order valence-corrected chi connectivity index (χ0v) is 11.6. The molecule has 0 saturated heterocycles. The fraction of sp³-hybridized carbons (Fsp3) is 0.917. The van der Waals surface area contributed by atoms with Crippen molar-refractivity contribution in [2.24, 2.45) is 5.73 Å². The lowest BCUT2D eigenvalue weighted by Crippen LogP contribution is -2.44. The van der Waals surface area contributed by atoms with E-state index in [2.05, 4.69) is 19.2 Å². The third-order valence-corrected chi connectivity index (χ3v) is 3.43. The first-order chi connectivity index (χ1) is 7.61. The Morgan fingerprint density at radius 3 is 2.62 bits per heavy atom. The van der Waals surface area contributed by atoms with Gasteiger partial charge in [0.05, 0.1) is 6.04 Å². The molecule has 4 heteroatoms. The van der Waals surface area contributed by atoms with Crippen LogP contribution in [0.15, 0.2) is 0 Å². The van der Waals surface area contributed by atoms with E-state index < -0.39 is 0 Å². The molecule has 0 rings (SSSR count). The Hall–Kier alpha value is -0.220. The Labute approximate surface area is 104 Å². The summed E-state index contributed by atoms with van der Waals surface area (Å²) in [6.45, 7) is 6.30. The molecule has 16 heavy (non-hydrogen) atoms. The van der Waals surface area contributed by atoms with Crippen molar-refractivity contribution in [2.45, 2.75) is 58.5 Å². The van der Waals surface area contributed by atoms with Crippen molar-refractivity contribution in [1.29, 1.82) is 0 Å². The molecular weight excluding hydrogens is 220 g/mol. The number of rotatable bonds is 9. The summed E-state index contributed by atoms with van der Waals surface area (Å²) in [7, 11) is 0. The van der Waals surface area contributed by atoms with Gasteiger partial charge in [0.25, 0.3) is 0 Å². The van der Waals surface area contributed by atoms with Gasteiger partial charge in [-0.2, -0.15) is 11.8 Å². The zero-order valence-electron chi connectivity index (χ0n) is 10.8. The second-order valence-corrected chi connectivity index (χ2v) is 5.54. The maximum atomic E-state index is 11.6. The second kappa shape index (κ2) is 9.97. The lowest BCUT2D eigenvalue weighted by molar-refractivity contribution is -0.123. The van der Waals surface area contributed by atoms with Gasteiger partial charge in [-0.3, -0.25) is 4.79 Å². The van der Waals surface area contributed by atoms with Crippen LogP contribution in [0.4, 0.5) is 0 Å². The molecule has 0 radical (unpaired) electrons. The van der Waals surface area contributed by atoms with Gasteiger partial charge in [0.15, 0.2) is 0 Å². The summed E-state index contributed by atoms with van der Waals surface area (Å²) < 4.78 is 0. The highest BCUT2D eigenvalue weighted by molar-refractivity contribution is 7.99. The van der Waals surface area contributed by atoms with Crippen molar-refractivity contribution in [3.63, 3.8) is 0 Å². The van der Waals surface area contributed by atoms with Crippen molar-refractivity contribution in [1.82, 2.24) is 5.32 Å². The minimum atomic E-state index is -0.332. The standard InChI is InChI=1S/C12H26N2OS/c1-4-6-7-11(13)12(15)14-10(3)8-9-16-5-2/h10-11H,4-9,13H2,1-3H3,(H,14,15). The number of unbranched alkanes of at least 4 members (excludes halogenated alkanes) is 1. The van der Waals surface area contributed by atoms with Crippen LogP contribution in [0.5, 0.6) is 0 Å². The fourth-order valence-electron chi connectivity index (χ4n) is 1.38. The Morgan fingerprint density at radius 1 is 1.38 bits per heavy atom. The molecule has 0 aromatic carbocycles. The van der Waals surface area contributed by atoms with Gasteiger partial charge in [-0.25, -0.2) is 0 Å². The smallest absolute Gasteiger partial charge is 0.237 e. The van der Waals surface area contributed by atoms with E-state index in [4.69, 9.17) is 5.73 Å². The summed E-state index contributed by atoms with van der Waals surface area (Å²) in [5, 5.41) is 2.97. The van der Waals surface area contributed by atoms with Crippen LogP contribution in [0.1, 0.15) is 46.5 Å². The molecule has 0 fully saturated rings. The SMILES string of the molecule is CCCCC(N)C(=O)NC(C)CCSCC. The highest BCUT2D eigenvalue weighted by atomic mass is 32.2. The van der Waals surface area contributed by atoms with Crippen molar-refractivity contribution in [2.75, 3.05) is 11.5 Å². The average molecular weight is 246 g/mol. The van der Waals surface area contributed by atoms with E-state index in [1.807, 2.05) is 18.7 Å². The Morgan fingerprint density at radius 2 is 2.06 bits per heavy atom. The number of hydrogen-bond acceptors (Lipinski definition) is 3. The molecule has 0 heterocycles. The predicted molar refractivity (Wildman–Crippen MR) is 72.7 cm³/mol. The first kappa shape index (κ1) is 15.8. The maximum absolute atomic E-state index is 11.6. The van der Waals surface area contributed by atoms with Crippen molar-refractivity contribution < 1.29 is 4.79 Å². The summed E-state index contributed by atoms with van der Waals surface area (Å²) in [5.74, 6) is 2.24. The minimum absolute atomic E-state index is 0.00227. The summed E-state index contributed by atoms with van der Waals surface area (Å²) >= 11 is 1.90. The molecule has 0 aliphatic heterocycles. The van der Waals surface area contributed by atoms with E-state index in [1.54, 1.807) is 0 Å². The van der Waals surface area contributed by atoms with E-state index in [0.29, 0.717) is 0 Å². The van der Waals surface area contributed by atoms with E-state index in [-0.39, 0.29) is 18.0 Å². The second-order valence-electron chi connectivity index (χ2n) is 4.14. The molecule has 96 valence electrons. The van der Waals surface area contributed by atoms with Gasteiger partial charge in [0, 0.05) is 6.04 Å². The Kier molecular flexibility index (Phi) is 9.83. The lowest BCUT2D eigenvalue weighted by Gasteiger charge is -2.17. The summed E-state index contributed by atoms with van der Waals surface area (Å²) in [6.07, 6.45) is 3.92. The van der Waals surface area contributed by atoms with Crippen LogP contribution < -0.4 is 11.1 Å².